The van der Waals surface area contributed by atoms with Gasteiger partial charge in [0.2, 0.25) is 0 Å². The predicted molar refractivity (Wildman–Crippen MR) is 84.5 cm³/mol. The van der Waals surface area contributed by atoms with Crippen LogP contribution in [-0.2, 0) is 0 Å². The van der Waals surface area contributed by atoms with E-state index in [4.69, 9.17) is 0 Å². The van der Waals surface area contributed by atoms with Crippen molar-refractivity contribution in [3.8, 4) is 0 Å². The van der Waals surface area contributed by atoms with Gasteiger partial charge in [-0.25, -0.2) is 9.97 Å². The first-order valence-electron chi connectivity index (χ1n) is 7.44. The van der Waals surface area contributed by atoms with Crippen LogP contribution in [0.3, 0.4) is 0 Å². The molecular formula is C15H23N4S+. The molecule has 0 aliphatic heterocycles. The van der Waals surface area contributed by atoms with Gasteiger partial charge in [0.15, 0.2) is 0 Å². The largest absolute Gasteiger partial charge is 0.363 e. The molecule has 0 atom stereocenters. The monoisotopic (exact) mass is 291 g/mol. The van der Waals surface area contributed by atoms with E-state index in [9.17, 15) is 0 Å². The Labute approximate surface area is 124 Å². The van der Waals surface area contributed by atoms with Gasteiger partial charge in [-0.3, -0.25) is 0 Å². The van der Waals surface area contributed by atoms with E-state index in [1.165, 1.54) is 32.1 Å². The van der Waals surface area contributed by atoms with Gasteiger partial charge in [-0.1, -0.05) is 6.42 Å². The first-order chi connectivity index (χ1) is 9.71. The van der Waals surface area contributed by atoms with Gasteiger partial charge in [-0.05, 0) is 24.3 Å². The zero-order chi connectivity index (χ0) is 14.0. The molecule has 2 aromatic rings. The molecule has 1 aliphatic carbocycles. The second-order valence-corrected chi connectivity index (χ2v) is 6.95. The molecule has 2 aromatic heterocycles. The van der Waals surface area contributed by atoms with E-state index in [-0.39, 0.29) is 0 Å². The lowest BCUT2D eigenvalue weighted by Gasteiger charge is -2.40. The van der Waals surface area contributed by atoms with Crippen LogP contribution in [0.4, 0.5) is 5.82 Å². The second kappa shape index (κ2) is 5.66. The van der Waals surface area contributed by atoms with Crippen molar-refractivity contribution in [2.75, 3.05) is 26.0 Å². The normalized spacial score (nSPS) is 18.6. The van der Waals surface area contributed by atoms with Gasteiger partial charge in [0, 0.05) is 12.8 Å². The maximum absolute atomic E-state index is 4.43. The molecule has 20 heavy (non-hydrogen) atoms. The Morgan fingerprint density at radius 1 is 1.25 bits per heavy atom. The van der Waals surface area contributed by atoms with Crippen LogP contribution in [0.1, 0.15) is 32.1 Å². The smallest absolute Gasteiger partial charge is 0.138 e. The Hall–Kier alpha value is -1.20. The molecule has 2 heterocycles. The third kappa shape index (κ3) is 2.52. The molecule has 0 spiro atoms. The van der Waals surface area contributed by atoms with E-state index in [2.05, 4.69) is 40.8 Å². The van der Waals surface area contributed by atoms with Crippen LogP contribution in [-0.4, -0.2) is 36.1 Å². The van der Waals surface area contributed by atoms with Gasteiger partial charge >= 0.3 is 0 Å². The molecule has 0 saturated heterocycles. The van der Waals surface area contributed by atoms with E-state index in [0.717, 1.165) is 22.6 Å². The summed E-state index contributed by atoms with van der Waals surface area (Å²) in [6, 6.07) is 2.11. The molecular weight excluding hydrogens is 268 g/mol. The first kappa shape index (κ1) is 13.8. The molecule has 1 saturated carbocycles. The Kier molecular flexibility index (Phi) is 3.89. The molecule has 0 amide bonds. The SMILES string of the molecule is C[NH+](C)C1(CNc2ncnc3sccc23)CCCCC1. The molecule has 4 nitrogen and oxygen atoms in total. The third-order valence-electron chi connectivity index (χ3n) is 4.73. The average Bonchev–Trinajstić information content (AvgIpc) is 2.95. The number of hydrogen-bond acceptors (Lipinski definition) is 4. The Balaban J connectivity index is 1.79. The number of fused-ring (bicyclic) bond motifs is 1. The summed E-state index contributed by atoms with van der Waals surface area (Å²) in [7, 11) is 4.57. The minimum absolute atomic E-state index is 0.353. The molecule has 0 bridgehead atoms. The van der Waals surface area contributed by atoms with Crippen LogP contribution in [0.5, 0.6) is 0 Å². The third-order valence-corrected chi connectivity index (χ3v) is 5.55. The van der Waals surface area contributed by atoms with Gasteiger partial charge < -0.3 is 10.2 Å². The van der Waals surface area contributed by atoms with Crippen molar-refractivity contribution in [3.05, 3.63) is 17.8 Å². The highest BCUT2D eigenvalue weighted by Crippen LogP contribution is 2.28. The molecule has 108 valence electrons. The molecule has 1 fully saturated rings. The fourth-order valence-electron chi connectivity index (χ4n) is 3.27. The zero-order valence-electron chi connectivity index (χ0n) is 12.3. The number of quaternary nitrogens is 1. The fourth-order valence-corrected chi connectivity index (χ4v) is 4.00. The number of nitrogens with one attached hydrogen (secondary N) is 2. The van der Waals surface area contributed by atoms with Gasteiger partial charge in [0.05, 0.1) is 26.0 Å². The van der Waals surface area contributed by atoms with Crippen LogP contribution < -0.4 is 10.2 Å². The van der Waals surface area contributed by atoms with Gasteiger partial charge in [-0.2, -0.15) is 0 Å². The quantitative estimate of drug-likeness (QED) is 0.905. The van der Waals surface area contributed by atoms with Crippen molar-refractivity contribution in [1.29, 1.82) is 0 Å². The molecule has 3 rings (SSSR count). The molecule has 0 unspecified atom stereocenters. The maximum atomic E-state index is 4.43. The first-order valence-corrected chi connectivity index (χ1v) is 8.32. The Bertz CT molecular complexity index is 572. The van der Waals surface area contributed by atoms with Crippen molar-refractivity contribution >= 4 is 27.4 Å². The van der Waals surface area contributed by atoms with Crippen molar-refractivity contribution in [2.45, 2.75) is 37.6 Å². The molecule has 0 aromatic carbocycles. The predicted octanol–water partition coefficient (Wildman–Crippen LogP) is 1.95. The lowest BCUT2D eigenvalue weighted by molar-refractivity contribution is -0.915. The highest BCUT2D eigenvalue weighted by Gasteiger charge is 2.37. The maximum Gasteiger partial charge on any atom is 0.138 e. The number of rotatable bonds is 4. The van der Waals surface area contributed by atoms with Gasteiger partial charge in [0.25, 0.3) is 0 Å². The van der Waals surface area contributed by atoms with Crippen LogP contribution >= 0.6 is 11.3 Å². The van der Waals surface area contributed by atoms with E-state index in [1.54, 1.807) is 22.6 Å². The Morgan fingerprint density at radius 3 is 2.80 bits per heavy atom. The van der Waals surface area contributed by atoms with Crippen molar-refractivity contribution in [2.24, 2.45) is 0 Å². The lowest BCUT2D eigenvalue weighted by atomic mass is 9.80. The van der Waals surface area contributed by atoms with Crippen molar-refractivity contribution < 1.29 is 4.90 Å². The topological polar surface area (TPSA) is 42.2 Å². The van der Waals surface area contributed by atoms with Crippen LogP contribution in [0.25, 0.3) is 10.2 Å². The standard InChI is InChI=1S/C15H22N4S/c1-19(2)15(7-4-3-5-8-15)10-16-13-12-6-9-20-14(12)18-11-17-13/h6,9,11H,3-5,7-8,10H2,1-2H3,(H,16,17,18)/p+1. The fraction of sp³-hybridized carbons (Fsp3) is 0.600. The minimum Gasteiger partial charge on any atom is -0.363 e. The highest BCUT2D eigenvalue weighted by molar-refractivity contribution is 7.16. The summed E-state index contributed by atoms with van der Waals surface area (Å²) in [5.74, 6) is 0.988. The van der Waals surface area contributed by atoms with Crippen LogP contribution in [0, 0.1) is 0 Å². The number of aromatic nitrogens is 2. The number of hydrogen-bond donors (Lipinski definition) is 2. The van der Waals surface area contributed by atoms with E-state index < -0.39 is 0 Å². The van der Waals surface area contributed by atoms with Crippen molar-refractivity contribution in [1.82, 2.24) is 9.97 Å². The summed E-state index contributed by atoms with van der Waals surface area (Å²) in [5, 5.41) is 6.83. The number of nitrogens with zero attached hydrogens (tertiary/aromatic N) is 2. The van der Waals surface area contributed by atoms with Crippen molar-refractivity contribution in [3.63, 3.8) is 0 Å². The summed E-state index contributed by atoms with van der Waals surface area (Å²) >= 11 is 1.67. The minimum atomic E-state index is 0.353. The zero-order valence-corrected chi connectivity index (χ0v) is 13.1. The average molecular weight is 291 g/mol. The summed E-state index contributed by atoms with van der Waals surface area (Å²) < 4.78 is 0. The van der Waals surface area contributed by atoms with Crippen LogP contribution in [0.2, 0.25) is 0 Å². The van der Waals surface area contributed by atoms with Crippen LogP contribution in [0.15, 0.2) is 17.8 Å². The molecule has 0 radical (unpaired) electrons. The van der Waals surface area contributed by atoms with E-state index >= 15 is 0 Å². The highest BCUT2D eigenvalue weighted by atomic mass is 32.1. The van der Waals surface area contributed by atoms with E-state index in [1.807, 2.05) is 0 Å². The molecule has 2 N–H and O–H groups in total. The number of anilines is 1. The number of thiophene rings is 1. The van der Waals surface area contributed by atoms with Gasteiger partial charge in [-0.15, -0.1) is 11.3 Å². The molecule has 1 aliphatic rings. The summed E-state index contributed by atoms with van der Waals surface area (Å²) in [6.45, 7) is 0.997. The molecule has 5 heteroatoms. The van der Waals surface area contributed by atoms with Gasteiger partial charge in [0.1, 0.15) is 22.5 Å². The van der Waals surface area contributed by atoms with E-state index in [0.29, 0.717) is 5.54 Å². The summed E-state index contributed by atoms with van der Waals surface area (Å²) in [4.78, 5) is 11.4. The second-order valence-electron chi connectivity index (χ2n) is 6.06. The Morgan fingerprint density at radius 2 is 2.05 bits per heavy atom. The summed E-state index contributed by atoms with van der Waals surface area (Å²) in [6.07, 6.45) is 8.37. The number of likely N-dealkylation sites (N-methyl/N-ethyl adjacent to an activating group) is 1. The summed E-state index contributed by atoms with van der Waals surface area (Å²) in [5.41, 5.74) is 0.353. The lowest BCUT2D eigenvalue weighted by Crippen LogP contribution is -3.16.